The van der Waals surface area contributed by atoms with Gasteiger partial charge in [0.15, 0.2) is 0 Å². The second-order valence-electron chi connectivity index (χ2n) is 6.05. The van der Waals surface area contributed by atoms with Gasteiger partial charge < -0.3 is 9.64 Å². The van der Waals surface area contributed by atoms with E-state index in [9.17, 15) is 4.79 Å². The summed E-state index contributed by atoms with van der Waals surface area (Å²) >= 11 is 1.53. The van der Waals surface area contributed by atoms with Gasteiger partial charge in [-0.1, -0.05) is 6.08 Å². The highest BCUT2D eigenvalue weighted by Gasteiger charge is 2.25. The first-order chi connectivity index (χ1) is 11.8. The summed E-state index contributed by atoms with van der Waals surface area (Å²) < 4.78 is 5.66. The molecule has 0 saturated carbocycles. The van der Waals surface area contributed by atoms with E-state index in [-0.39, 0.29) is 12.0 Å². The van der Waals surface area contributed by atoms with Gasteiger partial charge in [-0.2, -0.15) is 0 Å². The van der Waals surface area contributed by atoms with Gasteiger partial charge in [-0.05, 0) is 42.5 Å². The van der Waals surface area contributed by atoms with Gasteiger partial charge in [0.2, 0.25) is 0 Å². The molecule has 0 aliphatic carbocycles. The Bertz CT molecular complexity index is 751. The summed E-state index contributed by atoms with van der Waals surface area (Å²) in [7, 11) is 0. The molecular weight excluding hydrogens is 322 g/mol. The van der Waals surface area contributed by atoms with Crippen molar-refractivity contribution >= 4 is 22.8 Å². The number of carbonyl (C=O) groups is 1. The SMILES string of the molecule is O=C(c1csc(C2CCCO2)n1)N1CCC=C(c2ccncc2)C1. The van der Waals surface area contributed by atoms with Crippen LogP contribution < -0.4 is 0 Å². The van der Waals surface area contributed by atoms with E-state index in [0.29, 0.717) is 12.2 Å². The molecule has 24 heavy (non-hydrogen) atoms. The molecule has 0 N–H and O–H groups in total. The molecule has 0 spiro atoms. The van der Waals surface area contributed by atoms with Gasteiger partial charge in [-0.25, -0.2) is 4.98 Å². The van der Waals surface area contributed by atoms with E-state index < -0.39 is 0 Å². The maximum Gasteiger partial charge on any atom is 0.273 e. The zero-order valence-electron chi connectivity index (χ0n) is 13.4. The van der Waals surface area contributed by atoms with E-state index >= 15 is 0 Å². The highest BCUT2D eigenvalue weighted by Crippen LogP contribution is 2.31. The van der Waals surface area contributed by atoms with E-state index in [1.165, 1.54) is 16.9 Å². The van der Waals surface area contributed by atoms with Gasteiger partial charge in [0.1, 0.15) is 16.8 Å². The van der Waals surface area contributed by atoms with Crippen LogP contribution in [0, 0.1) is 0 Å². The lowest BCUT2D eigenvalue weighted by atomic mass is 10.0. The number of carbonyl (C=O) groups excluding carboxylic acids is 1. The molecular formula is C18H19N3O2S. The van der Waals surface area contributed by atoms with Crippen molar-refractivity contribution in [1.29, 1.82) is 0 Å². The van der Waals surface area contributed by atoms with Crippen LogP contribution in [0.2, 0.25) is 0 Å². The van der Waals surface area contributed by atoms with Crippen molar-refractivity contribution in [1.82, 2.24) is 14.9 Å². The van der Waals surface area contributed by atoms with Crippen molar-refractivity contribution in [3.63, 3.8) is 0 Å². The molecule has 4 heterocycles. The molecule has 124 valence electrons. The number of amides is 1. The van der Waals surface area contributed by atoms with E-state index in [0.717, 1.165) is 43.0 Å². The quantitative estimate of drug-likeness (QED) is 0.859. The lowest BCUT2D eigenvalue weighted by molar-refractivity contribution is 0.0768. The van der Waals surface area contributed by atoms with Crippen molar-refractivity contribution in [3.8, 4) is 0 Å². The van der Waals surface area contributed by atoms with Crippen LogP contribution in [0.5, 0.6) is 0 Å². The fourth-order valence-corrected chi connectivity index (χ4v) is 4.04. The van der Waals surface area contributed by atoms with Gasteiger partial charge in [0, 0.05) is 37.5 Å². The van der Waals surface area contributed by atoms with E-state index in [1.54, 1.807) is 12.4 Å². The minimum Gasteiger partial charge on any atom is -0.371 e. The Morgan fingerprint density at radius 2 is 2.21 bits per heavy atom. The number of thiazole rings is 1. The van der Waals surface area contributed by atoms with Crippen LogP contribution in [-0.2, 0) is 4.74 Å². The lowest BCUT2D eigenvalue weighted by Gasteiger charge is -2.27. The monoisotopic (exact) mass is 341 g/mol. The van der Waals surface area contributed by atoms with Crippen molar-refractivity contribution in [3.05, 3.63) is 52.2 Å². The summed E-state index contributed by atoms with van der Waals surface area (Å²) in [4.78, 5) is 23.3. The Morgan fingerprint density at radius 3 is 3.00 bits per heavy atom. The highest BCUT2D eigenvalue weighted by atomic mass is 32.1. The zero-order valence-corrected chi connectivity index (χ0v) is 14.2. The molecule has 2 aliphatic rings. The molecule has 1 atom stereocenters. The topological polar surface area (TPSA) is 55.3 Å². The molecule has 1 fully saturated rings. The molecule has 1 saturated heterocycles. The predicted octanol–water partition coefficient (Wildman–Crippen LogP) is 3.32. The Balaban J connectivity index is 1.48. The summed E-state index contributed by atoms with van der Waals surface area (Å²) in [6.45, 7) is 2.15. The Hall–Kier alpha value is -2.05. The third kappa shape index (κ3) is 3.12. The second kappa shape index (κ2) is 6.83. The van der Waals surface area contributed by atoms with Crippen LogP contribution in [-0.4, -0.2) is 40.5 Å². The summed E-state index contributed by atoms with van der Waals surface area (Å²) in [5, 5.41) is 2.79. The molecule has 0 radical (unpaired) electrons. The molecule has 4 rings (SSSR count). The Kier molecular flexibility index (Phi) is 4.40. The molecule has 0 aromatic carbocycles. The third-order valence-corrected chi connectivity index (χ3v) is 5.37. The van der Waals surface area contributed by atoms with Gasteiger partial charge in [-0.3, -0.25) is 9.78 Å². The maximum atomic E-state index is 12.8. The molecule has 2 aromatic rings. The second-order valence-corrected chi connectivity index (χ2v) is 6.94. The molecule has 2 aliphatic heterocycles. The minimum atomic E-state index is 0.00940. The number of rotatable bonds is 3. The minimum absolute atomic E-state index is 0.00940. The fraction of sp³-hybridized carbons (Fsp3) is 0.389. The summed E-state index contributed by atoms with van der Waals surface area (Å²) in [6.07, 6.45) is 8.78. The molecule has 2 aromatic heterocycles. The fourth-order valence-electron chi connectivity index (χ4n) is 3.16. The number of hydrogen-bond donors (Lipinski definition) is 0. The van der Waals surface area contributed by atoms with Crippen LogP contribution in [0.15, 0.2) is 36.0 Å². The van der Waals surface area contributed by atoms with E-state index in [1.807, 2.05) is 22.4 Å². The average molecular weight is 341 g/mol. The molecule has 0 bridgehead atoms. The largest absolute Gasteiger partial charge is 0.371 e. The smallest absolute Gasteiger partial charge is 0.273 e. The first-order valence-electron chi connectivity index (χ1n) is 8.27. The number of nitrogens with zero attached hydrogens (tertiary/aromatic N) is 3. The number of ether oxygens (including phenoxy) is 1. The number of aromatic nitrogens is 2. The predicted molar refractivity (Wildman–Crippen MR) is 92.8 cm³/mol. The number of pyridine rings is 1. The summed E-state index contributed by atoms with van der Waals surface area (Å²) in [5.74, 6) is 0.00940. The van der Waals surface area contributed by atoms with E-state index in [2.05, 4.69) is 16.0 Å². The van der Waals surface area contributed by atoms with Gasteiger partial charge in [0.05, 0.1) is 0 Å². The molecule has 1 amide bonds. The van der Waals surface area contributed by atoms with Crippen molar-refractivity contribution in [2.45, 2.75) is 25.4 Å². The summed E-state index contributed by atoms with van der Waals surface area (Å²) in [6, 6.07) is 3.97. The third-order valence-electron chi connectivity index (χ3n) is 4.44. The van der Waals surface area contributed by atoms with E-state index in [4.69, 9.17) is 4.74 Å². The van der Waals surface area contributed by atoms with Gasteiger partial charge in [0.25, 0.3) is 5.91 Å². The van der Waals surface area contributed by atoms with Crippen LogP contribution >= 0.6 is 11.3 Å². The average Bonchev–Trinajstić information content (AvgIpc) is 3.33. The van der Waals surface area contributed by atoms with Crippen LogP contribution in [0.25, 0.3) is 5.57 Å². The summed E-state index contributed by atoms with van der Waals surface area (Å²) in [5.41, 5.74) is 2.84. The van der Waals surface area contributed by atoms with Crippen LogP contribution in [0.1, 0.15) is 46.4 Å². The molecule has 1 unspecified atom stereocenters. The van der Waals surface area contributed by atoms with Crippen molar-refractivity contribution in [2.75, 3.05) is 19.7 Å². The van der Waals surface area contributed by atoms with Crippen molar-refractivity contribution in [2.24, 2.45) is 0 Å². The Labute approximate surface area is 145 Å². The molecule has 5 nitrogen and oxygen atoms in total. The highest BCUT2D eigenvalue weighted by molar-refractivity contribution is 7.09. The lowest BCUT2D eigenvalue weighted by Crippen LogP contribution is -2.35. The first-order valence-corrected chi connectivity index (χ1v) is 9.15. The van der Waals surface area contributed by atoms with Crippen LogP contribution in [0.4, 0.5) is 0 Å². The maximum absolute atomic E-state index is 12.8. The van der Waals surface area contributed by atoms with Gasteiger partial charge >= 0.3 is 0 Å². The zero-order chi connectivity index (χ0) is 16.4. The Morgan fingerprint density at radius 1 is 1.33 bits per heavy atom. The molecule has 6 heteroatoms. The van der Waals surface area contributed by atoms with Crippen LogP contribution in [0.3, 0.4) is 0 Å². The standard InChI is InChI=1S/C18H19N3O2S/c22-18(15-12-24-17(20-15)16-4-2-10-23-16)21-9-1-3-14(11-21)13-5-7-19-8-6-13/h3,5-8,12,16H,1-2,4,9-11H2. The normalized spacial score (nSPS) is 20.9. The van der Waals surface area contributed by atoms with Crippen molar-refractivity contribution < 1.29 is 9.53 Å². The first kappa shape index (κ1) is 15.5. The number of hydrogen-bond acceptors (Lipinski definition) is 5. The van der Waals surface area contributed by atoms with Gasteiger partial charge in [-0.15, -0.1) is 11.3 Å².